The molecule has 3 rings (SSSR count). The first-order chi connectivity index (χ1) is 20.0. The van der Waals surface area contributed by atoms with Crippen LogP contribution in [0.4, 0.5) is 0 Å². The number of carbonyl (C=O) groups excluding carboxylic acids is 4. The number of hydrogen-bond donors (Lipinski definition) is 5. The third-order valence-electron chi connectivity index (χ3n) is 7.13. The maximum absolute atomic E-state index is 13.8. The summed E-state index contributed by atoms with van der Waals surface area (Å²) >= 11 is 0. The number of aromatic amines is 1. The first kappa shape index (κ1) is 32.3. The molecule has 1 heterocycles. The lowest BCUT2D eigenvalue weighted by Gasteiger charge is -2.27. The molecule has 4 unspecified atom stereocenters. The van der Waals surface area contributed by atoms with Gasteiger partial charge in [-0.15, -0.1) is 0 Å². The SMILES string of the molecule is COC(=O)C(NC(=O)C(Cc1c[nH]c2ccccc12)NC(=O)C(Cc1ccccc1)NC(=O)C(N)CC(C)C)C(C)C. The van der Waals surface area contributed by atoms with E-state index < -0.39 is 47.9 Å². The zero-order valence-corrected chi connectivity index (χ0v) is 25.0. The van der Waals surface area contributed by atoms with Crippen molar-refractivity contribution >= 4 is 34.6 Å². The third kappa shape index (κ3) is 8.91. The molecule has 0 radical (unpaired) electrons. The number of rotatable bonds is 14. The van der Waals surface area contributed by atoms with Gasteiger partial charge in [-0.25, -0.2) is 4.79 Å². The standard InChI is InChI=1S/C32H43N5O5/c1-19(2)15-24(33)29(38)35-26(16-21-11-7-6-8-12-21)30(39)36-27(31(40)37-28(20(3)4)32(41)42-5)17-22-18-34-25-14-10-9-13-23(22)25/h6-14,18-20,24,26-28,34H,15-17,33H2,1-5H3,(H,35,38)(H,36,39)(H,37,40). The number of hydrogen-bond acceptors (Lipinski definition) is 6. The van der Waals surface area contributed by atoms with Crippen LogP contribution < -0.4 is 21.7 Å². The number of benzene rings is 2. The Bertz CT molecular complexity index is 1350. The summed E-state index contributed by atoms with van der Waals surface area (Å²) in [5.41, 5.74) is 8.66. The van der Waals surface area contributed by atoms with Crippen LogP contribution in [-0.4, -0.2) is 60.0 Å². The van der Waals surface area contributed by atoms with Gasteiger partial charge in [-0.1, -0.05) is 76.2 Å². The molecule has 1 aromatic heterocycles. The second kappa shape index (κ2) is 15.2. The van der Waals surface area contributed by atoms with Crippen molar-refractivity contribution in [1.29, 1.82) is 0 Å². The molecule has 2 aromatic carbocycles. The molecule has 0 saturated carbocycles. The zero-order chi connectivity index (χ0) is 30.8. The fourth-order valence-corrected chi connectivity index (χ4v) is 4.83. The van der Waals surface area contributed by atoms with Crippen molar-refractivity contribution in [2.45, 2.75) is 71.1 Å². The van der Waals surface area contributed by atoms with Gasteiger partial charge >= 0.3 is 5.97 Å². The van der Waals surface area contributed by atoms with Crippen LogP contribution in [-0.2, 0) is 36.8 Å². The number of carbonyl (C=O) groups is 4. The minimum Gasteiger partial charge on any atom is -0.467 e. The van der Waals surface area contributed by atoms with Crippen LogP contribution in [0, 0.1) is 11.8 Å². The molecule has 0 bridgehead atoms. The first-order valence-corrected chi connectivity index (χ1v) is 14.3. The number of aromatic nitrogens is 1. The average Bonchev–Trinajstić information content (AvgIpc) is 3.37. The molecular weight excluding hydrogens is 534 g/mol. The van der Waals surface area contributed by atoms with Crippen molar-refractivity contribution in [3.63, 3.8) is 0 Å². The third-order valence-corrected chi connectivity index (χ3v) is 7.13. The first-order valence-electron chi connectivity index (χ1n) is 14.3. The lowest BCUT2D eigenvalue weighted by molar-refractivity contribution is -0.146. The molecule has 0 saturated heterocycles. The maximum Gasteiger partial charge on any atom is 0.328 e. The monoisotopic (exact) mass is 577 g/mol. The number of nitrogens with two attached hydrogens (primary N) is 1. The Morgan fingerprint density at radius 2 is 1.40 bits per heavy atom. The quantitative estimate of drug-likeness (QED) is 0.186. The van der Waals surface area contributed by atoms with E-state index in [1.807, 2.05) is 68.4 Å². The van der Waals surface area contributed by atoms with E-state index in [-0.39, 0.29) is 24.7 Å². The number of amides is 3. The molecule has 0 spiro atoms. The van der Waals surface area contributed by atoms with E-state index in [1.165, 1.54) is 7.11 Å². The highest BCUT2D eigenvalue weighted by atomic mass is 16.5. The minimum atomic E-state index is -1.05. The Morgan fingerprint density at radius 3 is 2.05 bits per heavy atom. The van der Waals surface area contributed by atoms with Crippen LogP contribution in [0.5, 0.6) is 0 Å². The van der Waals surface area contributed by atoms with Crippen LogP contribution in [0.15, 0.2) is 60.8 Å². The number of H-pyrrole nitrogens is 1. The van der Waals surface area contributed by atoms with Crippen molar-refractivity contribution < 1.29 is 23.9 Å². The highest BCUT2D eigenvalue weighted by Gasteiger charge is 2.32. The molecule has 10 heteroatoms. The van der Waals surface area contributed by atoms with Crippen LogP contribution in [0.3, 0.4) is 0 Å². The highest BCUT2D eigenvalue weighted by molar-refractivity contribution is 5.95. The number of para-hydroxylation sites is 1. The molecule has 6 N–H and O–H groups in total. The fraction of sp³-hybridized carbons (Fsp3) is 0.438. The Labute approximate surface area is 247 Å². The summed E-state index contributed by atoms with van der Waals surface area (Å²) < 4.78 is 4.89. The molecular formula is C32H43N5O5. The number of esters is 1. The predicted molar refractivity (Wildman–Crippen MR) is 162 cm³/mol. The van der Waals surface area contributed by atoms with Crippen LogP contribution in [0.1, 0.15) is 45.2 Å². The largest absolute Gasteiger partial charge is 0.467 e. The topological polar surface area (TPSA) is 155 Å². The summed E-state index contributed by atoms with van der Waals surface area (Å²) in [6.45, 7) is 7.52. The molecule has 0 aliphatic carbocycles. The zero-order valence-electron chi connectivity index (χ0n) is 25.0. The van der Waals surface area contributed by atoms with E-state index in [4.69, 9.17) is 10.5 Å². The second-order valence-corrected chi connectivity index (χ2v) is 11.4. The predicted octanol–water partition coefficient (Wildman–Crippen LogP) is 2.61. The summed E-state index contributed by atoms with van der Waals surface area (Å²) in [7, 11) is 1.26. The van der Waals surface area contributed by atoms with Crippen molar-refractivity contribution in [2.24, 2.45) is 17.6 Å². The Kier molecular flexibility index (Phi) is 11.7. The summed E-state index contributed by atoms with van der Waals surface area (Å²) in [4.78, 5) is 56.0. The van der Waals surface area contributed by atoms with E-state index in [9.17, 15) is 19.2 Å². The normalized spacial score (nSPS) is 14.2. The minimum absolute atomic E-state index is 0.145. The van der Waals surface area contributed by atoms with Gasteiger partial charge < -0.3 is 31.4 Å². The summed E-state index contributed by atoms with van der Waals surface area (Å²) in [6.07, 6.45) is 2.60. The van der Waals surface area contributed by atoms with Gasteiger partial charge in [0.2, 0.25) is 17.7 Å². The van der Waals surface area contributed by atoms with Crippen molar-refractivity contribution in [3.8, 4) is 0 Å². The van der Waals surface area contributed by atoms with E-state index in [0.29, 0.717) is 6.42 Å². The number of methoxy groups -OCH3 is 1. The highest BCUT2D eigenvalue weighted by Crippen LogP contribution is 2.20. The van der Waals surface area contributed by atoms with Crippen molar-refractivity contribution in [1.82, 2.24) is 20.9 Å². The molecule has 3 aromatic rings. The van der Waals surface area contributed by atoms with Gasteiger partial charge in [-0.05, 0) is 35.4 Å². The van der Waals surface area contributed by atoms with Crippen molar-refractivity contribution in [2.75, 3.05) is 7.11 Å². The van der Waals surface area contributed by atoms with E-state index in [1.54, 1.807) is 20.0 Å². The number of nitrogens with one attached hydrogen (secondary N) is 4. The van der Waals surface area contributed by atoms with Gasteiger partial charge in [0.15, 0.2) is 0 Å². The smallest absolute Gasteiger partial charge is 0.328 e. The summed E-state index contributed by atoms with van der Waals surface area (Å²) in [5.74, 6) is -2.16. The van der Waals surface area contributed by atoms with E-state index in [0.717, 1.165) is 22.0 Å². The molecule has 3 amide bonds. The lowest BCUT2D eigenvalue weighted by Crippen LogP contribution is -2.58. The van der Waals surface area contributed by atoms with Gasteiger partial charge in [-0.3, -0.25) is 14.4 Å². The summed E-state index contributed by atoms with van der Waals surface area (Å²) in [6, 6.07) is 13.2. The van der Waals surface area contributed by atoms with Gasteiger partial charge in [0.1, 0.15) is 18.1 Å². The van der Waals surface area contributed by atoms with Crippen LogP contribution in [0.25, 0.3) is 10.9 Å². The Morgan fingerprint density at radius 1 is 0.810 bits per heavy atom. The summed E-state index contributed by atoms with van der Waals surface area (Å²) in [5, 5.41) is 9.32. The number of fused-ring (bicyclic) bond motifs is 1. The Hall–Kier alpha value is -4.18. The van der Waals surface area contributed by atoms with Gasteiger partial charge in [0, 0.05) is 29.9 Å². The molecule has 42 heavy (non-hydrogen) atoms. The van der Waals surface area contributed by atoms with Gasteiger partial charge in [0.25, 0.3) is 0 Å². The van der Waals surface area contributed by atoms with Crippen LogP contribution >= 0.6 is 0 Å². The number of ether oxygens (including phenoxy) is 1. The van der Waals surface area contributed by atoms with Gasteiger partial charge in [0.05, 0.1) is 13.2 Å². The molecule has 0 fully saturated rings. The van der Waals surface area contributed by atoms with E-state index in [2.05, 4.69) is 20.9 Å². The molecule has 10 nitrogen and oxygen atoms in total. The Balaban J connectivity index is 1.91. The van der Waals surface area contributed by atoms with Gasteiger partial charge in [-0.2, -0.15) is 0 Å². The fourth-order valence-electron chi connectivity index (χ4n) is 4.83. The maximum atomic E-state index is 13.8. The average molecular weight is 578 g/mol. The molecule has 4 atom stereocenters. The molecule has 0 aliphatic heterocycles. The lowest BCUT2D eigenvalue weighted by atomic mass is 9.99. The van der Waals surface area contributed by atoms with E-state index >= 15 is 0 Å². The molecule has 0 aliphatic rings. The molecule has 226 valence electrons. The van der Waals surface area contributed by atoms with Crippen molar-refractivity contribution in [3.05, 3.63) is 71.9 Å². The van der Waals surface area contributed by atoms with Crippen LogP contribution in [0.2, 0.25) is 0 Å². The second-order valence-electron chi connectivity index (χ2n) is 11.4.